The van der Waals surface area contributed by atoms with Gasteiger partial charge in [-0.3, -0.25) is 34.3 Å². The van der Waals surface area contributed by atoms with Crippen LogP contribution in [0.2, 0.25) is 0 Å². The van der Waals surface area contributed by atoms with Gasteiger partial charge in [0.1, 0.15) is 12.1 Å². The number of carbonyl (C=O) groups is 7. The largest absolute Gasteiger partial charge is 0.481 e. The van der Waals surface area contributed by atoms with Crippen molar-refractivity contribution in [3.8, 4) is 0 Å². The van der Waals surface area contributed by atoms with Gasteiger partial charge >= 0.3 is 24.0 Å². The van der Waals surface area contributed by atoms with Gasteiger partial charge in [-0.05, 0) is 37.1 Å². The van der Waals surface area contributed by atoms with Gasteiger partial charge in [-0.2, -0.15) is 4.98 Å². The van der Waals surface area contributed by atoms with Crippen LogP contribution in [0.4, 0.5) is 21.2 Å². The van der Waals surface area contributed by atoms with Crippen molar-refractivity contribution in [1.82, 2.24) is 46.5 Å². The first-order chi connectivity index (χ1) is 26.8. The summed E-state index contributed by atoms with van der Waals surface area (Å²) in [4.78, 5) is 103. The molecular weight excluding hydrogens is 760 g/mol. The zero-order valence-electron chi connectivity index (χ0n) is 30.6. The molecule has 1 aromatic carbocycles. The summed E-state index contributed by atoms with van der Waals surface area (Å²) >= 11 is 0. The lowest BCUT2D eigenvalue weighted by molar-refractivity contribution is -0.140. The van der Waals surface area contributed by atoms with Gasteiger partial charge in [-0.1, -0.05) is 13.8 Å². The van der Waals surface area contributed by atoms with Gasteiger partial charge in [0.15, 0.2) is 17.3 Å². The van der Waals surface area contributed by atoms with E-state index in [0.717, 1.165) is 0 Å². The van der Waals surface area contributed by atoms with E-state index in [2.05, 4.69) is 41.2 Å². The van der Waals surface area contributed by atoms with Crippen LogP contribution in [-0.2, 0) is 25.7 Å². The fraction of sp³-hybridized carbons (Fsp3) is 0.406. The van der Waals surface area contributed by atoms with Gasteiger partial charge in [-0.25, -0.2) is 24.4 Å². The molecule has 7 amide bonds. The fourth-order valence-corrected chi connectivity index (χ4v) is 4.24. The highest BCUT2D eigenvalue weighted by Crippen LogP contribution is 2.19. The highest BCUT2D eigenvalue weighted by molar-refractivity contribution is 6.05. The number of hydrogen-bond donors (Lipinski definition) is 14. The lowest BCUT2D eigenvalue weighted by atomic mass is 9.87. The van der Waals surface area contributed by atoms with Crippen molar-refractivity contribution in [2.75, 3.05) is 30.8 Å². The summed E-state index contributed by atoms with van der Waals surface area (Å²) < 4.78 is 0. The number of primary amides is 1. The highest BCUT2D eigenvalue weighted by Gasteiger charge is 2.33. The number of nitrogens with two attached hydrogens (primary N) is 2. The minimum atomic E-state index is -1.31. The zero-order valence-corrected chi connectivity index (χ0v) is 30.6. The number of aromatic amines is 1. The first kappa shape index (κ1) is 46.2. The monoisotopic (exact) mass is 804 g/mol. The predicted octanol–water partition coefficient (Wildman–Crippen LogP) is -3.36. The number of nitrogen functional groups attached to an aromatic ring is 1. The van der Waals surface area contributed by atoms with Crippen molar-refractivity contribution in [2.24, 2.45) is 11.1 Å². The van der Waals surface area contributed by atoms with Crippen LogP contribution in [0.1, 0.15) is 49.2 Å². The number of hydrogen-bond acceptors (Lipinski definition) is 16. The normalized spacial score (nSPS) is 14.2. The van der Waals surface area contributed by atoms with Crippen LogP contribution in [0.5, 0.6) is 0 Å². The Bertz CT molecular complexity index is 1970. The number of carbonyl (C=O) groups excluding carboxylic acids is 5. The molecule has 1 saturated heterocycles. The fourth-order valence-electron chi connectivity index (χ4n) is 4.24. The van der Waals surface area contributed by atoms with E-state index in [9.17, 15) is 43.5 Å². The Balaban J connectivity index is 0.000000368. The van der Waals surface area contributed by atoms with E-state index in [1.807, 2.05) is 10.6 Å². The number of benzene rings is 1. The summed E-state index contributed by atoms with van der Waals surface area (Å²) in [6.45, 7) is 3.50. The van der Waals surface area contributed by atoms with E-state index < -0.39 is 71.0 Å². The number of amides is 7. The van der Waals surface area contributed by atoms with Gasteiger partial charge in [-0.15, -0.1) is 0 Å². The van der Waals surface area contributed by atoms with Gasteiger partial charge in [0.05, 0.1) is 25.0 Å². The molecule has 57 heavy (non-hydrogen) atoms. The van der Waals surface area contributed by atoms with Crippen molar-refractivity contribution < 1.29 is 59.1 Å². The van der Waals surface area contributed by atoms with Crippen LogP contribution in [0.15, 0.2) is 35.3 Å². The molecule has 1 aliphatic heterocycles. The molecule has 2 unspecified atom stereocenters. The number of aliphatic hydroxyl groups is 3. The van der Waals surface area contributed by atoms with Crippen LogP contribution in [-0.4, -0.2) is 125 Å². The van der Waals surface area contributed by atoms with Crippen LogP contribution >= 0.6 is 0 Å². The van der Waals surface area contributed by atoms with Gasteiger partial charge in [0, 0.05) is 36.2 Å². The highest BCUT2D eigenvalue weighted by atomic mass is 16.4. The first-order valence-electron chi connectivity index (χ1n) is 16.7. The van der Waals surface area contributed by atoms with E-state index in [-0.39, 0.29) is 55.3 Å². The number of urea groups is 2. The number of aliphatic hydroxyl groups excluding tert-OH is 3. The summed E-state index contributed by atoms with van der Waals surface area (Å²) in [5, 5.41) is 58.6. The number of H-pyrrole nitrogens is 1. The maximum Gasteiger partial charge on any atom is 0.326 e. The predicted molar refractivity (Wildman–Crippen MR) is 197 cm³/mol. The molecule has 3 heterocycles. The number of rotatable bonds is 16. The molecule has 0 spiro atoms. The average Bonchev–Trinajstić information content (AvgIpc) is 3.47. The van der Waals surface area contributed by atoms with E-state index in [4.69, 9.17) is 31.9 Å². The summed E-state index contributed by atoms with van der Waals surface area (Å²) in [6, 6.07) is 3.35. The maximum absolute atomic E-state index is 12.3. The average molecular weight is 805 g/mol. The van der Waals surface area contributed by atoms with Gasteiger partial charge in [0.2, 0.25) is 11.9 Å². The molecule has 16 N–H and O–H groups in total. The van der Waals surface area contributed by atoms with Crippen LogP contribution < -0.4 is 48.9 Å². The van der Waals surface area contributed by atoms with Crippen LogP contribution in [0.3, 0.4) is 0 Å². The lowest BCUT2D eigenvalue weighted by Crippen LogP contribution is -2.48. The minimum absolute atomic E-state index is 0.000230. The molecule has 310 valence electrons. The third-order valence-electron chi connectivity index (χ3n) is 7.45. The molecule has 3 atom stereocenters. The molecule has 2 aromatic heterocycles. The third-order valence-corrected chi connectivity index (χ3v) is 7.45. The van der Waals surface area contributed by atoms with E-state index in [1.54, 1.807) is 26.0 Å². The Morgan fingerprint density at radius 2 is 1.68 bits per heavy atom. The van der Waals surface area contributed by atoms with Crippen molar-refractivity contribution in [2.45, 2.75) is 58.0 Å². The number of fused-ring (bicyclic) bond motifs is 1. The second kappa shape index (κ2) is 21.8. The minimum Gasteiger partial charge on any atom is -0.481 e. The molecular formula is C32H44N12O13. The van der Waals surface area contributed by atoms with Crippen molar-refractivity contribution >= 4 is 64.5 Å². The molecule has 1 fully saturated rings. The van der Waals surface area contributed by atoms with Crippen molar-refractivity contribution in [3.05, 3.63) is 52.1 Å². The Morgan fingerprint density at radius 3 is 2.23 bits per heavy atom. The molecule has 0 bridgehead atoms. The summed E-state index contributed by atoms with van der Waals surface area (Å²) in [5.41, 5.74) is 10.3. The number of aromatic nitrogens is 4. The number of nitrogens with one attached hydrogen (secondary N) is 7. The molecule has 3 aromatic rings. The first-order valence-corrected chi connectivity index (χ1v) is 16.7. The van der Waals surface area contributed by atoms with E-state index >= 15 is 0 Å². The topological polar surface area (TPSA) is 416 Å². The molecule has 1 aliphatic rings. The Morgan fingerprint density at radius 1 is 1.02 bits per heavy atom. The van der Waals surface area contributed by atoms with Crippen molar-refractivity contribution in [1.29, 1.82) is 0 Å². The Kier molecular flexibility index (Phi) is 17.6. The Labute approximate surface area is 322 Å². The molecule has 0 radical (unpaired) electrons. The second-order valence-corrected chi connectivity index (χ2v) is 12.5. The number of nitrogens with zero attached hydrogens (tertiary/aromatic N) is 3. The third kappa shape index (κ3) is 15.3. The standard InChI is InChI=1S/C19H19N7O6.C9H19NO4.C4H6N4O3/c20-19-25-15-14(17(30)26-19)23-11(8-22-15)7-21-10-3-1-9(2-4-10)16(29)24-12(18(31)32)5-6-13(27)28;1-9(2,6-12)7(13)8(14)10-4-3-5-11;5-3(10)6-1-2(9)8-4(11)7-1/h1-4,8,12,21H,5-7H2,(H,24,29)(H,27,28)(H,31,32)(H3,20,22,25,26,30);7,11-13H,3-6H2,1-2H3,(H,10,14);1H,(H3,5,6,10)(H2,7,8,9,11)/t12-;;/m0../s1. The van der Waals surface area contributed by atoms with Crippen molar-refractivity contribution in [3.63, 3.8) is 0 Å². The number of carboxylic acids is 2. The number of imide groups is 1. The molecule has 0 aliphatic carbocycles. The van der Waals surface area contributed by atoms with Crippen LogP contribution in [0.25, 0.3) is 11.2 Å². The van der Waals surface area contributed by atoms with Gasteiger partial charge in [0.25, 0.3) is 17.4 Å². The number of anilines is 2. The summed E-state index contributed by atoms with van der Waals surface area (Å²) in [5.74, 6) is -4.29. The number of carboxylic acid groups (broad SMARTS) is 2. The van der Waals surface area contributed by atoms with Gasteiger partial charge < -0.3 is 63.6 Å². The zero-order chi connectivity index (χ0) is 42.9. The second-order valence-electron chi connectivity index (χ2n) is 12.5. The maximum atomic E-state index is 12.3. The molecule has 25 heteroatoms. The summed E-state index contributed by atoms with van der Waals surface area (Å²) in [6.07, 6.45) is -0.975. The molecule has 0 saturated carbocycles. The molecule has 25 nitrogen and oxygen atoms in total. The summed E-state index contributed by atoms with van der Waals surface area (Å²) in [7, 11) is 0. The SMILES string of the molecule is CC(C)(CO)C(O)C(=O)NCCCO.NC(=O)NC1NC(=O)NC1=O.Nc1nc2ncc(CNc3ccc(C(=O)N[C@@H](CCC(=O)O)C(=O)O)cc3)nc2c(=O)[nH]1. The van der Waals surface area contributed by atoms with E-state index in [1.165, 1.54) is 18.3 Å². The molecule has 4 rings (SSSR count). The quantitative estimate of drug-likeness (QED) is 0.0496. The number of aliphatic carboxylic acids is 2. The van der Waals surface area contributed by atoms with Crippen LogP contribution in [0, 0.1) is 5.41 Å². The Hall–Kier alpha value is -6.99. The van der Waals surface area contributed by atoms with E-state index in [0.29, 0.717) is 24.3 Å². The lowest BCUT2D eigenvalue weighted by Gasteiger charge is -2.27. The smallest absolute Gasteiger partial charge is 0.326 e.